The summed E-state index contributed by atoms with van der Waals surface area (Å²) in [6.07, 6.45) is 1.23. The molecule has 0 saturated heterocycles. The number of benzene rings is 2. The summed E-state index contributed by atoms with van der Waals surface area (Å²) in [5.74, 6) is -0.0252. The van der Waals surface area contributed by atoms with Gasteiger partial charge in [0.25, 0.3) is 0 Å². The molecule has 1 fully saturated rings. The van der Waals surface area contributed by atoms with E-state index >= 15 is 0 Å². The van der Waals surface area contributed by atoms with Crippen LogP contribution in [0.15, 0.2) is 54.6 Å². The SMILES string of the molecule is CC(C)N(CCCC(C#N)(c1ccccc1C(F)(F)F)C1CCCC1)CCc1ccccc1. The van der Waals surface area contributed by atoms with Gasteiger partial charge in [-0.1, -0.05) is 61.4 Å². The van der Waals surface area contributed by atoms with Gasteiger partial charge in [-0.25, -0.2) is 0 Å². The van der Waals surface area contributed by atoms with Gasteiger partial charge in [0, 0.05) is 12.6 Å². The Morgan fingerprint density at radius 1 is 0.939 bits per heavy atom. The standard InChI is InChI=1S/C28H35F3N2/c1-22(2)33(20-17-23-11-4-3-5-12-23)19-10-18-27(21-32,24-13-6-7-14-24)25-15-8-9-16-26(25)28(29,30)31/h3-5,8-9,11-12,15-16,22,24H,6-7,10,13-14,17-20H2,1-2H3. The Hall–Kier alpha value is -2.32. The minimum atomic E-state index is -4.46. The molecule has 178 valence electrons. The number of hydrogen-bond acceptors (Lipinski definition) is 2. The van der Waals surface area contributed by atoms with Gasteiger partial charge in [-0.15, -0.1) is 0 Å². The maximum atomic E-state index is 13.9. The van der Waals surface area contributed by atoms with E-state index in [0.717, 1.165) is 51.3 Å². The smallest absolute Gasteiger partial charge is 0.301 e. The van der Waals surface area contributed by atoms with E-state index in [2.05, 4.69) is 36.9 Å². The van der Waals surface area contributed by atoms with E-state index in [-0.39, 0.29) is 11.5 Å². The second kappa shape index (κ2) is 11.2. The van der Waals surface area contributed by atoms with Crippen molar-refractivity contribution < 1.29 is 13.2 Å². The van der Waals surface area contributed by atoms with Crippen LogP contribution in [-0.4, -0.2) is 24.0 Å². The van der Waals surface area contributed by atoms with Crippen LogP contribution in [-0.2, 0) is 18.0 Å². The first kappa shape index (κ1) is 25.3. The van der Waals surface area contributed by atoms with Crippen LogP contribution in [0, 0.1) is 17.2 Å². The van der Waals surface area contributed by atoms with E-state index in [9.17, 15) is 18.4 Å². The number of alkyl halides is 3. The third-order valence-corrected chi connectivity index (χ3v) is 7.24. The third kappa shape index (κ3) is 6.18. The Labute approximate surface area is 196 Å². The molecule has 0 bridgehead atoms. The lowest BCUT2D eigenvalue weighted by atomic mass is 9.66. The summed E-state index contributed by atoms with van der Waals surface area (Å²) in [7, 11) is 0. The van der Waals surface area contributed by atoms with Crippen LogP contribution < -0.4 is 0 Å². The molecule has 0 heterocycles. The molecule has 0 N–H and O–H groups in total. The number of nitriles is 1. The van der Waals surface area contributed by atoms with E-state index in [1.165, 1.54) is 11.6 Å². The maximum Gasteiger partial charge on any atom is 0.416 e. The average molecular weight is 457 g/mol. The van der Waals surface area contributed by atoms with Crippen molar-refractivity contribution >= 4 is 0 Å². The van der Waals surface area contributed by atoms with Gasteiger partial charge in [-0.2, -0.15) is 18.4 Å². The van der Waals surface area contributed by atoms with Crippen LogP contribution in [0.4, 0.5) is 13.2 Å². The summed E-state index contributed by atoms with van der Waals surface area (Å²) >= 11 is 0. The number of hydrogen-bond donors (Lipinski definition) is 0. The molecule has 1 atom stereocenters. The van der Waals surface area contributed by atoms with E-state index in [1.807, 2.05) is 18.2 Å². The lowest BCUT2D eigenvalue weighted by Gasteiger charge is -2.36. The van der Waals surface area contributed by atoms with Crippen molar-refractivity contribution in [1.82, 2.24) is 4.90 Å². The molecule has 1 unspecified atom stereocenters. The van der Waals surface area contributed by atoms with Crippen LogP contribution in [0.2, 0.25) is 0 Å². The van der Waals surface area contributed by atoms with Gasteiger partial charge in [-0.3, -0.25) is 0 Å². The first-order valence-corrected chi connectivity index (χ1v) is 12.1. The fraction of sp³-hybridized carbons (Fsp3) is 0.536. The monoisotopic (exact) mass is 456 g/mol. The van der Waals surface area contributed by atoms with Crippen LogP contribution in [0.3, 0.4) is 0 Å². The first-order chi connectivity index (χ1) is 15.8. The van der Waals surface area contributed by atoms with Gasteiger partial charge in [0.15, 0.2) is 0 Å². The van der Waals surface area contributed by atoms with Crippen LogP contribution in [0.25, 0.3) is 0 Å². The predicted molar refractivity (Wildman–Crippen MR) is 127 cm³/mol. The summed E-state index contributed by atoms with van der Waals surface area (Å²) in [5, 5.41) is 10.4. The summed E-state index contributed by atoms with van der Waals surface area (Å²) in [5.41, 5.74) is -0.292. The van der Waals surface area contributed by atoms with Crippen molar-refractivity contribution in [2.45, 2.75) is 76.4 Å². The average Bonchev–Trinajstić information content (AvgIpc) is 3.34. The molecule has 2 aromatic rings. The second-order valence-electron chi connectivity index (χ2n) is 9.58. The first-order valence-electron chi connectivity index (χ1n) is 12.1. The van der Waals surface area contributed by atoms with E-state index < -0.39 is 17.2 Å². The molecule has 0 aromatic heterocycles. The lowest BCUT2D eigenvalue weighted by molar-refractivity contribution is -0.138. The van der Waals surface area contributed by atoms with Crippen molar-refractivity contribution in [1.29, 1.82) is 5.26 Å². The van der Waals surface area contributed by atoms with Crippen LogP contribution in [0.5, 0.6) is 0 Å². The molecule has 1 aliphatic rings. The Kier molecular flexibility index (Phi) is 8.59. The highest BCUT2D eigenvalue weighted by Gasteiger charge is 2.46. The molecule has 1 saturated carbocycles. The zero-order valence-electron chi connectivity index (χ0n) is 19.7. The van der Waals surface area contributed by atoms with Crippen molar-refractivity contribution in [3.05, 3.63) is 71.3 Å². The van der Waals surface area contributed by atoms with E-state index in [1.54, 1.807) is 12.1 Å². The molecule has 1 aliphatic carbocycles. The van der Waals surface area contributed by atoms with Gasteiger partial charge in [-0.05, 0) is 75.6 Å². The van der Waals surface area contributed by atoms with Gasteiger partial charge < -0.3 is 4.90 Å². The summed E-state index contributed by atoms with van der Waals surface area (Å²) < 4.78 is 41.7. The highest BCUT2D eigenvalue weighted by atomic mass is 19.4. The summed E-state index contributed by atoms with van der Waals surface area (Å²) in [6.45, 7) is 5.97. The Morgan fingerprint density at radius 2 is 1.55 bits per heavy atom. The molecule has 33 heavy (non-hydrogen) atoms. The topological polar surface area (TPSA) is 27.0 Å². The minimum Gasteiger partial charge on any atom is -0.301 e. The third-order valence-electron chi connectivity index (χ3n) is 7.24. The van der Waals surface area contributed by atoms with Crippen LogP contribution >= 0.6 is 0 Å². The molecule has 0 amide bonds. The number of halogens is 3. The quantitative estimate of drug-likeness (QED) is 0.373. The molecule has 0 radical (unpaired) electrons. The Bertz CT molecular complexity index is 911. The zero-order valence-corrected chi connectivity index (χ0v) is 19.7. The summed E-state index contributed by atoms with van der Waals surface area (Å²) in [4.78, 5) is 2.37. The fourth-order valence-electron chi connectivity index (χ4n) is 5.41. The zero-order chi connectivity index (χ0) is 23.9. The fourth-order valence-corrected chi connectivity index (χ4v) is 5.41. The molecular formula is C28H35F3N2. The van der Waals surface area contributed by atoms with E-state index in [0.29, 0.717) is 18.9 Å². The molecule has 0 aliphatic heterocycles. The number of rotatable bonds is 10. The Balaban J connectivity index is 1.79. The summed E-state index contributed by atoms with van der Waals surface area (Å²) in [6, 6.07) is 18.8. The van der Waals surface area contributed by atoms with Gasteiger partial charge in [0.1, 0.15) is 0 Å². The van der Waals surface area contributed by atoms with E-state index in [4.69, 9.17) is 0 Å². The highest BCUT2D eigenvalue weighted by Crippen LogP contribution is 2.48. The normalized spacial score (nSPS) is 16.8. The maximum absolute atomic E-state index is 13.9. The van der Waals surface area contributed by atoms with Crippen molar-refractivity contribution in [2.75, 3.05) is 13.1 Å². The molecule has 3 rings (SSSR count). The largest absolute Gasteiger partial charge is 0.416 e. The van der Waals surface area contributed by atoms with Gasteiger partial charge >= 0.3 is 6.18 Å². The predicted octanol–water partition coefficient (Wildman–Crippen LogP) is 7.39. The lowest BCUT2D eigenvalue weighted by Crippen LogP contribution is -2.38. The van der Waals surface area contributed by atoms with Gasteiger partial charge in [0.05, 0.1) is 17.0 Å². The molecule has 0 spiro atoms. The van der Waals surface area contributed by atoms with Crippen LogP contribution in [0.1, 0.15) is 69.1 Å². The molecule has 2 nitrogen and oxygen atoms in total. The highest BCUT2D eigenvalue weighted by molar-refractivity contribution is 5.42. The van der Waals surface area contributed by atoms with Crippen molar-refractivity contribution in [2.24, 2.45) is 5.92 Å². The molecule has 2 aromatic carbocycles. The minimum absolute atomic E-state index is 0.0252. The van der Waals surface area contributed by atoms with Gasteiger partial charge in [0.2, 0.25) is 0 Å². The second-order valence-corrected chi connectivity index (χ2v) is 9.58. The number of nitrogens with zero attached hydrogens (tertiary/aromatic N) is 2. The molecular weight excluding hydrogens is 421 g/mol. The Morgan fingerprint density at radius 3 is 2.12 bits per heavy atom. The molecule has 5 heteroatoms. The van der Waals surface area contributed by atoms with Crippen molar-refractivity contribution in [3.8, 4) is 6.07 Å². The van der Waals surface area contributed by atoms with Crippen molar-refractivity contribution in [3.63, 3.8) is 0 Å².